The van der Waals surface area contributed by atoms with Gasteiger partial charge < -0.3 is 5.73 Å². The third-order valence-corrected chi connectivity index (χ3v) is 5.26. The number of nitrogens with zero attached hydrogens (tertiary/aromatic N) is 1. The van der Waals surface area contributed by atoms with Crippen LogP contribution in [0.25, 0.3) is 0 Å². The quantitative estimate of drug-likeness (QED) is 0.883. The molecule has 0 amide bonds. The molecule has 1 heterocycles. The molecule has 2 heteroatoms. The molecule has 0 spiro atoms. The number of piperidine rings is 1. The van der Waals surface area contributed by atoms with Crippen LogP contribution in [0.3, 0.4) is 0 Å². The maximum atomic E-state index is 6.56. The first-order valence-electron chi connectivity index (χ1n) is 7.67. The van der Waals surface area contributed by atoms with Crippen molar-refractivity contribution < 1.29 is 0 Å². The zero-order chi connectivity index (χ0) is 13.5. The van der Waals surface area contributed by atoms with E-state index in [1.807, 2.05) is 0 Å². The van der Waals surface area contributed by atoms with E-state index in [0.29, 0.717) is 12.0 Å². The topological polar surface area (TPSA) is 29.3 Å². The van der Waals surface area contributed by atoms with E-state index in [-0.39, 0.29) is 11.5 Å². The van der Waals surface area contributed by atoms with Crippen molar-refractivity contribution in [3.63, 3.8) is 0 Å². The Labute approximate surface area is 117 Å². The summed E-state index contributed by atoms with van der Waals surface area (Å²) in [4.78, 5) is 2.65. The summed E-state index contributed by atoms with van der Waals surface area (Å²) in [5.41, 5.74) is 8.26. The predicted octanol–water partition coefficient (Wildman–Crippen LogP) is 2.99. The van der Waals surface area contributed by atoms with Gasteiger partial charge in [-0.2, -0.15) is 0 Å². The zero-order valence-corrected chi connectivity index (χ0v) is 12.2. The Kier molecular flexibility index (Phi) is 3.40. The number of likely N-dealkylation sites (tertiary alicyclic amines) is 1. The molecule has 2 N–H and O–H groups in total. The van der Waals surface area contributed by atoms with Crippen LogP contribution in [0.1, 0.15) is 44.6 Å². The molecule has 0 aromatic heterocycles. The van der Waals surface area contributed by atoms with Crippen LogP contribution in [0.2, 0.25) is 0 Å². The minimum absolute atomic E-state index is 0.287. The van der Waals surface area contributed by atoms with Crippen LogP contribution in [0.4, 0.5) is 0 Å². The van der Waals surface area contributed by atoms with Gasteiger partial charge in [0, 0.05) is 18.0 Å². The van der Waals surface area contributed by atoms with Crippen LogP contribution in [0.5, 0.6) is 0 Å². The summed E-state index contributed by atoms with van der Waals surface area (Å²) >= 11 is 0. The molecular weight excluding hydrogens is 232 g/mol. The molecule has 2 aliphatic rings. The lowest BCUT2D eigenvalue weighted by atomic mass is 9.52. The molecule has 0 bridgehead atoms. The number of hydrogen-bond donors (Lipinski definition) is 1. The van der Waals surface area contributed by atoms with Gasteiger partial charge in [0.15, 0.2) is 0 Å². The minimum Gasteiger partial charge on any atom is -0.326 e. The van der Waals surface area contributed by atoms with Crippen LogP contribution in [-0.2, 0) is 0 Å². The highest BCUT2D eigenvalue weighted by Crippen LogP contribution is 2.54. The van der Waals surface area contributed by atoms with E-state index in [0.717, 1.165) is 0 Å². The monoisotopic (exact) mass is 258 g/mol. The van der Waals surface area contributed by atoms with Crippen molar-refractivity contribution in [3.05, 3.63) is 35.9 Å². The molecule has 1 aromatic rings. The van der Waals surface area contributed by atoms with E-state index < -0.39 is 0 Å². The average molecular weight is 258 g/mol. The first-order valence-corrected chi connectivity index (χ1v) is 7.67. The summed E-state index contributed by atoms with van der Waals surface area (Å²) in [6.07, 6.45) is 4.08. The van der Waals surface area contributed by atoms with Crippen molar-refractivity contribution in [2.45, 2.75) is 51.1 Å². The zero-order valence-electron chi connectivity index (χ0n) is 12.2. The van der Waals surface area contributed by atoms with Crippen LogP contribution >= 0.6 is 0 Å². The average Bonchev–Trinajstić information content (AvgIpc) is 2.40. The maximum Gasteiger partial charge on any atom is 0.0310 e. The van der Waals surface area contributed by atoms with Crippen molar-refractivity contribution in [1.82, 2.24) is 4.90 Å². The van der Waals surface area contributed by atoms with Gasteiger partial charge in [-0.25, -0.2) is 0 Å². The van der Waals surface area contributed by atoms with E-state index >= 15 is 0 Å². The van der Waals surface area contributed by atoms with Crippen molar-refractivity contribution in [2.75, 3.05) is 13.1 Å². The van der Waals surface area contributed by atoms with Gasteiger partial charge in [0.1, 0.15) is 0 Å². The number of rotatable bonds is 2. The predicted molar refractivity (Wildman–Crippen MR) is 80.2 cm³/mol. The molecule has 104 valence electrons. The van der Waals surface area contributed by atoms with Gasteiger partial charge in [0.25, 0.3) is 0 Å². The van der Waals surface area contributed by atoms with Gasteiger partial charge in [0.2, 0.25) is 0 Å². The molecule has 2 nitrogen and oxygen atoms in total. The second-order valence-electron chi connectivity index (χ2n) is 6.83. The van der Waals surface area contributed by atoms with Crippen molar-refractivity contribution in [2.24, 2.45) is 11.1 Å². The molecule has 1 aliphatic carbocycles. The fourth-order valence-electron chi connectivity index (χ4n) is 4.46. The van der Waals surface area contributed by atoms with Crippen LogP contribution in [0.15, 0.2) is 30.3 Å². The molecule has 2 fully saturated rings. The largest absolute Gasteiger partial charge is 0.326 e. The number of nitrogens with two attached hydrogens (primary N) is 1. The Hall–Kier alpha value is -0.860. The Morgan fingerprint density at radius 1 is 1.05 bits per heavy atom. The minimum atomic E-state index is 0.287. The van der Waals surface area contributed by atoms with Crippen molar-refractivity contribution in [1.29, 1.82) is 0 Å². The highest BCUT2D eigenvalue weighted by atomic mass is 15.2. The van der Waals surface area contributed by atoms with Gasteiger partial charge in [-0.1, -0.05) is 50.6 Å². The highest BCUT2D eigenvalue weighted by molar-refractivity contribution is 5.31. The SMILES string of the molecule is CC1(C)C(c2ccccc2)C(N)C1N1CCCCC1. The molecule has 3 atom stereocenters. The molecule has 1 saturated heterocycles. The third-order valence-electron chi connectivity index (χ3n) is 5.26. The summed E-state index contributed by atoms with van der Waals surface area (Å²) in [5.74, 6) is 0.501. The molecule has 1 saturated carbocycles. The van der Waals surface area contributed by atoms with Gasteiger partial charge in [-0.3, -0.25) is 4.90 Å². The van der Waals surface area contributed by atoms with E-state index in [1.54, 1.807) is 0 Å². The Balaban J connectivity index is 1.80. The van der Waals surface area contributed by atoms with E-state index in [2.05, 4.69) is 49.1 Å². The first-order chi connectivity index (χ1) is 9.12. The Bertz CT molecular complexity index is 420. The van der Waals surface area contributed by atoms with Crippen molar-refractivity contribution in [3.8, 4) is 0 Å². The van der Waals surface area contributed by atoms with E-state index in [1.165, 1.54) is 37.9 Å². The van der Waals surface area contributed by atoms with Gasteiger partial charge in [0.05, 0.1) is 0 Å². The molecule has 19 heavy (non-hydrogen) atoms. The molecule has 1 aliphatic heterocycles. The van der Waals surface area contributed by atoms with E-state index in [9.17, 15) is 0 Å². The molecule has 3 unspecified atom stereocenters. The Morgan fingerprint density at radius 3 is 2.26 bits per heavy atom. The third kappa shape index (κ3) is 2.11. The molecule has 1 aromatic carbocycles. The second kappa shape index (κ2) is 4.92. The lowest BCUT2D eigenvalue weighted by Gasteiger charge is -2.61. The van der Waals surface area contributed by atoms with Crippen LogP contribution in [-0.4, -0.2) is 30.1 Å². The van der Waals surface area contributed by atoms with Crippen LogP contribution in [0, 0.1) is 5.41 Å². The van der Waals surface area contributed by atoms with Gasteiger partial charge in [-0.05, 0) is 36.9 Å². The summed E-state index contributed by atoms with van der Waals surface area (Å²) in [5, 5.41) is 0. The Morgan fingerprint density at radius 2 is 1.68 bits per heavy atom. The summed E-state index contributed by atoms with van der Waals surface area (Å²) in [7, 11) is 0. The summed E-state index contributed by atoms with van der Waals surface area (Å²) < 4.78 is 0. The molecule has 0 radical (unpaired) electrons. The standard InChI is InChI=1S/C17H26N2/c1-17(2)14(13-9-5-3-6-10-13)15(18)16(17)19-11-7-4-8-12-19/h3,5-6,9-10,14-16H,4,7-8,11-12,18H2,1-2H3. The van der Waals surface area contributed by atoms with Gasteiger partial charge in [-0.15, -0.1) is 0 Å². The smallest absolute Gasteiger partial charge is 0.0310 e. The summed E-state index contributed by atoms with van der Waals surface area (Å²) in [6.45, 7) is 7.27. The fourth-order valence-corrected chi connectivity index (χ4v) is 4.46. The number of benzene rings is 1. The number of hydrogen-bond acceptors (Lipinski definition) is 2. The van der Waals surface area contributed by atoms with Crippen LogP contribution < -0.4 is 5.73 Å². The van der Waals surface area contributed by atoms with E-state index in [4.69, 9.17) is 5.73 Å². The van der Waals surface area contributed by atoms with Crippen molar-refractivity contribution >= 4 is 0 Å². The summed E-state index contributed by atoms with van der Waals surface area (Å²) in [6, 6.07) is 11.7. The highest BCUT2D eigenvalue weighted by Gasteiger charge is 2.57. The fraction of sp³-hybridized carbons (Fsp3) is 0.647. The normalized spacial score (nSPS) is 34.8. The molecular formula is C17H26N2. The lowest BCUT2D eigenvalue weighted by Crippen LogP contribution is -2.70. The molecule has 3 rings (SSSR count). The second-order valence-corrected chi connectivity index (χ2v) is 6.83. The van der Waals surface area contributed by atoms with Gasteiger partial charge >= 0.3 is 0 Å². The lowest BCUT2D eigenvalue weighted by molar-refractivity contribution is -0.0540. The first kappa shape index (κ1) is 13.1. The maximum absolute atomic E-state index is 6.56.